The smallest absolute Gasteiger partial charge is 0.280 e. The number of anilines is 2. The van der Waals surface area contributed by atoms with E-state index in [-0.39, 0.29) is 17.7 Å². The molecule has 5 rings (SSSR count). The van der Waals surface area contributed by atoms with Crippen molar-refractivity contribution in [3.8, 4) is 17.1 Å². The van der Waals surface area contributed by atoms with E-state index < -0.39 is 5.91 Å². The van der Waals surface area contributed by atoms with Gasteiger partial charge >= 0.3 is 0 Å². The number of rotatable bonds is 1. The van der Waals surface area contributed by atoms with Gasteiger partial charge in [-0.1, -0.05) is 20.8 Å². The number of hydrogen-bond donors (Lipinski definition) is 1. The summed E-state index contributed by atoms with van der Waals surface area (Å²) in [7, 11) is 1.83. The summed E-state index contributed by atoms with van der Waals surface area (Å²) in [4.78, 5) is 24.5. The van der Waals surface area contributed by atoms with E-state index in [2.05, 4.69) is 27.3 Å². The summed E-state index contributed by atoms with van der Waals surface area (Å²) in [5, 5.41) is 7.53. The van der Waals surface area contributed by atoms with E-state index in [0.717, 1.165) is 24.1 Å². The highest BCUT2D eigenvalue weighted by atomic mass is 19.1. The summed E-state index contributed by atoms with van der Waals surface area (Å²) in [5.74, 6) is 0.671. The van der Waals surface area contributed by atoms with Gasteiger partial charge in [0.05, 0.1) is 35.4 Å². The quantitative estimate of drug-likeness (QED) is 0.499. The number of nitrogens with one attached hydrogen (secondary N) is 1. The maximum absolute atomic E-state index is 14.8. The summed E-state index contributed by atoms with van der Waals surface area (Å²) in [6.45, 7) is 9.11. The maximum atomic E-state index is 14.8. The molecule has 3 aromatic rings. The zero-order valence-corrected chi connectivity index (χ0v) is 21.3. The minimum absolute atomic E-state index is 0.0327. The molecule has 8 nitrogen and oxygen atoms in total. The standard InChI is InChI=1S/C27H31FN6O2/c1-15(2)19-11-24-23(12-21(19)28)31-27-32-25(35)18-9-17(4)30-22(10-18)20-13-29-33(5)26(20)36-8-6-7-16(3)14-34(24)27/h9-13,15-16H,6-8,14H2,1-5H3,(H,31,32,35)/t16-/m1/s1. The molecular formula is C27H31FN6O2. The van der Waals surface area contributed by atoms with Crippen LogP contribution in [0.1, 0.15) is 61.1 Å². The fourth-order valence-corrected chi connectivity index (χ4v) is 4.79. The number of nitrogens with zero attached hydrogens (tertiary/aromatic N) is 5. The van der Waals surface area contributed by atoms with Crippen molar-refractivity contribution in [3.63, 3.8) is 0 Å². The van der Waals surface area contributed by atoms with Gasteiger partial charge in [-0.15, -0.1) is 0 Å². The normalized spacial score (nSPS) is 19.3. The van der Waals surface area contributed by atoms with Gasteiger partial charge in [-0.25, -0.2) is 9.07 Å². The third-order valence-electron chi connectivity index (χ3n) is 6.67. The lowest BCUT2D eigenvalue weighted by atomic mass is 10.0. The van der Waals surface area contributed by atoms with Crippen molar-refractivity contribution in [1.82, 2.24) is 14.8 Å². The molecule has 0 saturated carbocycles. The molecule has 0 radical (unpaired) electrons. The Kier molecular flexibility index (Phi) is 6.24. The Morgan fingerprint density at radius 3 is 2.81 bits per heavy atom. The SMILES string of the molecule is Cc1cc2cc(n1)-c1cnn(C)c1OCCC[C@@H](C)CN1/C(=N/C2=O)Nc2cc(F)c(C(C)C)cc21. The third kappa shape index (κ3) is 4.45. The average Bonchev–Trinajstić information content (AvgIpc) is 3.34. The van der Waals surface area contributed by atoms with E-state index in [1.54, 1.807) is 23.0 Å². The number of amides is 1. The molecular weight excluding hydrogens is 459 g/mol. The molecule has 1 aromatic carbocycles. The number of fused-ring (bicyclic) bond motifs is 7. The fourth-order valence-electron chi connectivity index (χ4n) is 4.79. The third-order valence-corrected chi connectivity index (χ3v) is 6.67. The van der Waals surface area contributed by atoms with Gasteiger partial charge in [0, 0.05) is 24.8 Å². The lowest BCUT2D eigenvalue weighted by molar-refractivity contribution is 0.100. The summed E-state index contributed by atoms with van der Waals surface area (Å²) in [6, 6.07) is 6.81. The van der Waals surface area contributed by atoms with E-state index in [4.69, 9.17) is 4.74 Å². The van der Waals surface area contributed by atoms with Gasteiger partial charge in [0.2, 0.25) is 11.8 Å². The first kappa shape index (κ1) is 24.0. The summed E-state index contributed by atoms with van der Waals surface area (Å²) in [6.07, 6.45) is 3.46. The number of aromatic nitrogens is 3. The minimum atomic E-state index is -0.402. The Hall–Kier alpha value is -3.75. The van der Waals surface area contributed by atoms with Crippen LogP contribution in [0.25, 0.3) is 11.3 Å². The van der Waals surface area contributed by atoms with Gasteiger partial charge in [0.25, 0.3) is 5.91 Å². The van der Waals surface area contributed by atoms with E-state index in [1.165, 1.54) is 6.07 Å². The molecule has 9 heteroatoms. The number of aryl methyl sites for hydroxylation is 2. The van der Waals surface area contributed by atoms with Crippen LogP contribution in [0.5, 0.6) is 5.88 Å². The second kappa shape index (κ2) is 9.37. The summed E-state index contributed by atoms with van der Waals surface area (Å²) in [5.41, 5.74) is 4.53. The number of guanidine groups is 1. The maximum Gasteiger partial charge on any atom is 0.280 e. The molecule has 2 aromatic heterocycles. The van der Waals surface area contributed by atoms with Crippen molar-refractivity contribution >= 4 is 23.2 Å². The first-order valence-corrected chi connectivity index (χ1v) is 12.4. The molecule has 1 amide bonds. The molecule has 0 fully saturated rings. The molecule has 0 saturated heterocycles. The topological polar surface area (TPSA) is 84.6 Å². The molecule has 1 N–H and O–H groups in total. The van der Waals surface area contributed by atoms with Gasteiger partial charge in [-0.2, -0.15) is 10.1 Å². The molecule has 0 spiro atoms. The molecule has 0 unspecified atom stereocenters. The molecule has 2 bridgehead atoms. The highest BCUT2D eigenvalue weighted by Crippen LogP contribution is 2.38. The monoisotopic (exact) mass is 490 g/mol. The highest BCUT2D eigenvalue weighted by molar-refractivity contribution is 6.19. The van der Waals surface area contributed by atoms with E-state index in [1.807, 2.05) is 38.8 Å². The molecule has 36 heavy (non-hydrogen) atoms. The molecule has 188 valence electrons. The van der Waals surface area contributed by atoms with Crippen LogP contribution in [0.3, 0.4) is 0 Å². The second-order valence-corrected chi connectivity index (χ2v) is 9.99. The predicted octanol–water partition coefficient (Wildman–Crippen LogP) is 5.29. The van der Waals surface area contributed by atoms with Crippen molar-refractivity contribution in [2.45, 2.75) is 46.5 Å². The molecule has 4 heterocycles. The van der Waals surface area contributed by atoms with Crippen LogP contribution in [0.15, 0.2) is 35.5 Å². The Balaban J connectivity index is 1.61. The van der Waals surface area contributed by atoms with Gasteiger partial charge in [0.15, 0.2) is 0 Å². The highest BCUT2D eigenvalue weighted by Gasteiger charge is 2.30. The van der Waals surface area contributed by atoms with Gasteiger partial charge in [0.1, 0.15) is 5.82 Å². The van der Waals surface area contributed by atoms with Crippen molar-refractivity contribution in [2.24, 2.45) is 18.0 Å². The fraction of sp³-hybridized carbons (Fsp3) is 0.407. The van der Waals surface area contributed by atoms with E-state index in [0.29, 0.717) is 53.2 Å². The van der Waals surface area contributed by atoms with Gasteiger partial charge in [-0.3, -0.25) is 9.78 Å². The minimum Gasteiger partial charge on any atom is -0.477 e. The first-order chi connectivity index (χ1) is 17.2. The van der Waals surface area contributed by atoms with Gasteiger partial charge < -0.3 is 15.0 Å². The van der Waals surface area contributed by atoms with Gasteiger partial charge in [-0.05, 0) is 61.4 Å². The van der Waals surface area contributed by atoms with Crippen molar-refractivity contribution in [3.05, 3.63) is 53.1 Å². The lowest BCUT2D eigenvalue weighted by Crippen LogP contribution is -2.35. The lowest BCUT2D eigenvalue weighted by Gasteiger charge is -2.24. The Morgan fingerprint density at radius 2 is 2.03 bits per heavy atom. The second-order valence-electron chi connectivity index (χ2n) is 9.99. The number of benzene rings is 1. The van der Waals surface area contributed by atoms with Crippen LogP contribution in [0.4, 0.5) is 15.8 Å². The summed E-state index contributed by atoms with van der Waals surface area (Å²) >= 11 is 0. The Labute approximate surface area is 210 Å². The number of halogens is 1. The average molecular weight is 491 g/mol. The van der Waals surface area contributed by atoms with E-state index >= 15 is 0 Å². The largest absolute Gasteiger partial charge is 0.477 e. The number of pyridine rings is 1. The molecule has 2 aliphatic rings. The van der Waals surface area contributed by atoms with Crippen LogP contribution in [-0.2, 0) is 7.05 Å². The van der Waals surface area contributed by atoms with E-state index in [9.17, 15) is 9.18 Å². The van der Waals surface area contributed by atoms with Crippen LogP contribution < -0.4 is 15.0 Å². The molecule has 1 atom stereocenters. The number of ether oxygens (including phenoxy) is 1. The number of aliphatic imine (C=N–C) groups is 1. The molecule has 2 aliphatic heterocycles. The molecule has 0 aliphatic carbocycles. The van der Waals surface area contributed by atoms with Crippen molar-refractivity contribution in [2.75, 3.05) is 23.4 Å². The number of carbonyl (C=O) groups excluding carboxylic acids is 1. The Bertz CT molecular complexity index is 1360. The van der Waals surface area contributed by atoms with Crippen molar-refractivity contribution < 1.29 is 13.9 Å². The Morgan fingerprint density at radius 1 is 1.22 bits per heavy atom. The number of hydrogen-bond acceptors (Lipinski definition) is 6. The zero-order chi connectivity index (χ0) is 25.6. The zero-order valence-electron chi connectivity index (χ0n) is 21.3. The number of carbonyl (C=O) groups is 1. The van der Waals surface area contributed by atoms with Crippen LogP contribution >= 0.6 is 0 Å². The predicted molar refractivity (Wildman–Crippen MR) is 138 cm³/mol. The van der Waals surface area contributed by atoms with Crippen molar-refractivity contribution in [1.29, 1.82) is 0 Å². The summed E-state index contributed by atoms with van der Waals surface area (Å²) < 4.78 is 22.6. The van der Waals surface area contributed by atoms with Crippen LogP contribution in [0.2, 0.25) is 0 Å². The first-order valence-electron chi connectivity index (χ1n) is 12.4. The van der Waals surface area contributed by atoms with Crippen LogP contribution in [0, 0.1) is 18.7 Å². The van der Waals surface area contributed by atoms with Crippen LogP contribution in [-0.4, -0.2) is 39.8 Å².